The maximum atomic E-state index is 2.19. The molecule has 0 aliphatic heterocycles. The van der Waals surface area contributed by atoms with Crippen LogP contribution in [0.25, 0.3) is 0 Å². The third-order valence-electron chi connectivity index (χ3n) is 2.06. The first-order valence-electron chi connectivity index (χ1n) is 4.20. The van der Waals surface area contributed by atoms with Crippen molar-refractivity contribution in [1.29, 1.82) is 0 Å². The minimum Gasteiger partial charge on any atom is -0.240 e. The van der Waals surface area contributed by atoms with Gasteiger partial charge in [0.25, 0.3) is 0 Å². The van der Waals surface area contributed by atoms with Crippen LogP contribution in [0.4, 0.5) is 0 Å². The first kappa shape index (κ1) is 7.35. The summed E-state index contributed by atoms with van der Waals surface area (Å²) in [5.41, 5.74) is 1.48. The molecule has 0 spiro atoms. The molecule has 1 heterocycles. The average Bonchev–Trinajstić information content (AvgIpc) is 2.63. The number of rotatable bonds is 2. The van der Waals surface area contributed by atoms with Crippen molar-refractivity contribution in [2.75, 3.05) is 0 Å². The lowest BCUT2D eigenvalue weighted by Crippen LogP contribution is -2.23. The Kier molecular flexibility index (Phi) is 1.82. The van der Waals surface area contributed by atoms with E-state index in [0.29, 0.717) is 0 Å². The second-order valence-electron chi connectivity index (χ2n) is 3.21. The molecule has 2 heteroatoms. The lowest BCUT2D eigenvalue weighted by molar-refractivity contribution is -0.671. The van der Waals surface area contributed by atoms with Crippen LogP contribution in [-0.4, -0.2) is 4.57 Å². The second kappa shape index (κ2) is 2.97. The van der Waals surface area contributed by atoms with Gasteiger partial charge in [-0.3, -0.25) is 0 Å². The molecule has 1 aromatic rings. The maximum absolute atomic E-state index is 2.19. The molecule has 62 valence electrons. The van der Waals surface area contributed by atoms with Gasteiger partial charge in [0.2, 0.25) is 6.33 Å². The minimum atomic E-state index is 1.02. The lowest BCUT2D eigenvalue weighted by Gasteiger charge is -1.95. The van der Waals surface area contributed by atoms with Crippen LogP contribution in [0.3, 0.4) is 0 Å². The summed E-state index contributed by atoms with van der Waals surface area (Å²) < 4.78 is 4.25. The van der Waals surface area contributed by atoms with E-state index in [4.69, 9.17) is 0 Å². The van der Waals surface area contributed by atoms with Gasteiger partial charge < -0.3 is 0 Å². The smallest absolute Gasteiger partial charge is 0.240 e. The van der Waals surface area contributed by atoms with Crippen molar-refractivity contribution in [2.45, 2.75) is 13.0 Å². The molecule has 0 bridgehead atoms. The summed E-state index contributed by atoms with van der Waals surface area (Å²) in [6.45, 7) is 1.02. The van der Waals surface area contributed by atoms with E-state index in [2.05, 4.69) is 46.1 Å². The second-order valence-corrected chi connectivity index (χ2v) is 3.21. The Bertz CT molecular complexity index is 331. The molecule has 0 fully saturated rings. The monoisotopic (exact) mass is 161 g/mol. The number of imidazole rings is 1. The zero-order chi connectivity index (χ0) is 8.39. The van der Waals surface area contributed by atoms with Crippen molar-refractivity contribution < 1.29 is 4.57 Å². The highest BCUT2D eigenvalue weighted by Crippen LogP contribution is 2.11. The Morgan fingerprint density at radius 2 is 2.50 bits per heavy atom. The minimum absolute atomic E-state index is 1.02. The van der Waals surface area contributed by atoms with E-state index in [1.165, 1.54) is 5.57 Å². The van der Waals surface area contributed by atoms with Gasteiger partial charge in [0, 0.05) is 0 Å². The van der Waals surface area contributed by atoms with Crippen LogP contribution in [0.5, 0.6) is 0 Å². The summed E-state index contributed by atoms with van der Waals surface area (Å²) in [6, 6.07) is 0. The fraction of sp³-hybridized carbons (Fsp3) is 0.300. The first-order valence-corrected chi connectivity index (χ1v) is 4.20. The van der Waals surface area contributed by atoms with Crippen LogP contribution < -0.4 is 4.57 Å². The quantitative estimate of drug-likeness (QED) is 0.576. The topological polar surface area (TPSA) is 8.81 Å². The van der Waals surface area contributed by atoms with Gasteiger partial charge >= 0.3 is 0 Å². The van der Waals surface area contributed by atoms with Gasteiger partial charge in [0.15, 0.2) is 0 Å². The van der Waals surface area contributed by atoms with Gasteiger partial charge in [-0.1, -0.05) is 18.2 Å². The van der Waals surface area contributed by atoms with Gasteiger partial charge in [-0.05, 0) is 12.0 Å². The molecule has 0 amide bonds. The van der Waals surface area contributed by atoms with Crippen molar-refractivity contribution in [3.8, 4) is 0 Å². The van der Waals surface area contributed by atoms with E-state index in [0.717, 1.165) is 13.0 Å². The van der Waals surface area contributed by atoms with Gasteiger partial charge in [-0.25, -0.2) is 9.13 Å². The number of allylic oxidation sites excluding steroid dienone is 4. The molecule has 0 aromatic carbocycles. The SMILES string of the molecule is C[n+]1ccn(CC2=CC=CC2)c1. The van der Waals surface area contributed by atoms with Crippen molar-refractivity contribution in [2.24, 2.45) is 7.05 Å². The predicted molar refractivity (Wildman–Crippen MR) is 47.4 cm³/mol. The standard InChI is InChI=1S/C10H13N2/c1-11-6-7-12(9-11)8-10-4-2-3-5-10/h2-4,6-7,9H,5,8H2,1H3/q+1. The molecule has 0 radical (unpaired) electrons. The molecule has 1 aromatic heterocycles. The highest BCUT2D eigenvalue weighted by molar-refractivity contribution is 5.22. The molecule has 1 aliphatic carbocycles. The molecule has 0 saturated heterocycles. The molecule has 0 N–H and O–H groups in total. The molecule has 0 unspecified atom stereocenters. The van der Waals surface area contributed by atoms with E-state index in [1.54, 1.807) is 0 Å². The van der Waals surface area contributed by atoms with Crippen LogP contribution in [0.1, 0.15) is 6.42 Å². The van der Waals surface area contributed by atoms with E-state index in [-0.39, 0.29) is 0 Å². The van der Waals surface area contributed by atoms with Crippen molar-refractivity contribution >= 4 is 0 Å². The summed E-state index contributed by atoms with van der Waals surface area (Å²) in [4.78, 5) is 0. The van der Waals surface area contributed by atoms with Gasteiger partial charge in [0.1, 0.15) is 18.9 Å². The maximum Gasteiger partial charge on any atom is 0.243 e. The van der Waals surface area contributed by atoms with Crippen molar-refractivity contribution in [1.82, 2.24) is 4.57 Å². The Hall–Kier alpha value is -1.31. The average molecular weight is 161 g/mol. The van der Waals surface area contributed by atoms with Gasteiger partial charge in [-0.2, -0.15) is 0 Å². The third kappa shape index (κ3) is 1.47. The van der Waals surface area contributed by atoms with Gasteiger partial charge in [-0.15, -0.1) is 0 Å². The molecular weight excluding hydrogens is 148 g/mol. The number of aryl methyl sites for hydroxylation is 1. The van der Waals surface area contributed by atoms with Crippen molar-refractivity contribution in [3.05, 3.63) is 42.5 Å². The van der Waals surface area contributed by atoms with E-state index < -0.39 is 0 Å². The van der Waals surface area contributed by atoms with Crippen LogP contribution in [-0.2, 0) is 13.6 Å². The zero-order valence-electron chi connectivity index (χ0n) is 7.27. The van der Waals surface area contributed by atoms with E-state index >= 15 is 0 Å². The van der Waals surface area contributed by atoms with Crippen LogP contribution in [0.15, 0.2) is 42.5 Å². The third-order valence-corrected chi connectivity index (χ3v) is 2.06. The Balaban J connectivity index is 2.04. The summed E-state index contributed by atoms with van der Waals surface area (Å²) in [5, 5.41) is 0. The summed E-state index contributed by atoms with van der Waals surface area (Å²) in [7, 11) is 2.04. The largest absolute Gasteiger partial charge is 0.243 e. The van der Waals surface area contributed by atoms with Crippen molar-refractivity contribution in [3.63, 3.8) is 0 Å². The van der Waals surface area contributed by atoms with E-state index in [9.17, 15) is 0 Å². The Morgan fingerprint density at radius 3 is 3.08 bits per heavy atom. The normalized spacial score (nSPS) is 15.2. The number of nitrogens with zero attached hydrogens (tertiary/aromatic N) is 2. The van der Waals surface area contributed by atoms with Crippen LogP contribution in [0.2, 0.25) is 0 Å². The molecular formula is C10H13N2+. The zero-order valence-corrected chi connectivity index (χ0v) is 7.27. The van der Waals surface area contributed by atoms with Gasteiger partial charge in [0.05, 0.1) is 7.05 Å². The Labute approximate surface area is 72.4 Å². The number of hydrogen-bond donors (Lipinski definition) is 0. The molecule has 12 heavy (non-hydrogen) atoms. The fourth-order valence-corrected chi connectivity index (χ4v) is 1.44. The lowest BCUT2D eigenvalue weighted by atomic mass is 10.2. The van der Waals surface area contributed by atoms with E-state index in [1.807, 2.05) is 7.05 Å². The number of hydrogen-bond acceptors (Lipinski definition) is 0. The Morgan fingerprint density at radius 1 is 1.58 bits per heavy atom. The highest BCUT2D eigenvalue weighted by atomic mass is 15.1. The van der Waals surface area contributed by atoms with Crippen LogP contribution in [0, 0.1) is 0 Å². The summed E-state index contributed by atoms with van der Waals surface area (Å²) in [6.07, 6.45) is 13.9. The molecule has 0 atom stereocenters. The molecule has 1 aliphatic rings. The van der Waals surface area contributed by atoms with Crippen LogP contribution >= 0.6 is 0 Å². The fourth-order valence-electron chi connectivity index (χ4n) is 1.44. The predicted octanol–water partition coefficient (Wildman–Crippen LogP) is 1.20. The number of aromatic nitrogens is 2. The molecule has 2 nitrogen and oxygen atoms in total. The molecule has 2 rings (SSSR count). The summed E-state index contributed by atoms with van der Waals surface area (Å²) in [5.74, 6) is 0. The summed E-state index contributed by atoms with van der Waals surface area (Å²) >= 11 is 0. The highest BCUT2D eigenvalue weighted by Gasteiger charge is 2.04. The molecule has 0 saturated carbocycles. The first-order chi connectivity index (χ1) is 5.84.